The highest BCUT2D eigenvalue weighted by molar-refractivity contribution is 6.10. The predicted molar refractivity (Wildman–Crippen MR) is 109 cm³/mol. The number of tetrazole rings is 1. The number of nitrogens with zero attached hydrogens (tertiary/aromatic N) is 5. The van der Waals surface area contributed by atoms with Gasteiger partial charge in [0.15, 0.2) is 5.82 Å². The van der Waals surface area contributed by atoms with Crippen LogP contribution in [-0.4, -0.2) is 49.5 Å². The zero-order valence-corrected chi connectivity index (χ0v) is 17.0. The molecule has 0 bridgehead atoms. The van der Waals surface area contributed by atoms with E-state index in [-0.39, 0.29) is 11.4 Å². The number of rotatable bonds is 4. The van der Waals surface area contributed by atoms with E-state index in [9.17, 15) is 18.8 Å². The van der Waals surface area contributed by atoms with Crippen molar-refractivity contribution in [2.75, 3.05) is 11.9 Å². The Morgan fingerprint density at radius 2 is 2.06 bits per heavy atom. The van der Waals surface area contributed by atoms with E-state index in [2.05, 4.69) is 26.2 Å². The molecule has 32 heavy (non-hydrogen) atoms. The third kappa shape index (κ3) is 3.01. The lowest BCUT2D eigenvalue weighted by atomic mass is 9.92. The summed E-state index contributed by atoms with van der Waals surface area (Å²) in [5.74, 6) is -1.25. The first-order valence-corrected chi connectivity index (χ1v) is 9.96. The van der Waals surface area contributed by atoms with Gasteiger partial charge in [-0.15, -0.1) is 5.10 Å². The van der Waals surface area contributed by atoms with Crippen molar-refractivity contribution in [1.29, 1.82) is 0 Å². The highest BCUT2D eigenvalue weighted by Crippen LogP contribution is 2.41. The Balaban J connectivity index is 1.34. The van der Waals surface area contributed by atoms with Crippen LogP contribution < -0.4 is 10.6 Å². The molecule has 1 atom stereocenters. The fourth-order valence-electron chi connectivity index (χ4n) is 4.28. The summed E-state index contributed by atoms with van der Waals surface area (Å²) in [4.78, 5) is 39.3. The van der Waals surface area contributed by atoms with Crippen LogP contribution in [0.25, 0.3) is 5.69 Å². The van der Waals surface area contributed by atoms with Crippen molar-refractivity contribution < 1.29 is 18.8 Å². The van der Waals surface area contributed by atoms with E-state index in [0.717, 1.165) is 16.0 Å². The molecule has 2 aliphatic rings. The standard InChI is InChI=1S/C21H18FN7O3/c1-12-25-26-27-29(12)17-10-14(6-7-16(17)22)23-18(30)11-28-19(31)21(24-20(28)32)9-8-13-4-2-3-5-15(13)21/h2-7,10H,8-9,11H2,1H3,(H,23,30)(H,24,32). The second kappa shape index (κ2) is 7.22. The smallest absolute Gasteiger partial charge is 0.324 e. The Hall–Kier alpha value is -4.15. The van der Waals surface area contributed by atoms with Crippen LogP contribution >= 0.6 is 0 Å². The summed E-state index contributed by atoms with van der Waals surface area (Å²) in [6.45, 7) is 1.14. The van der Waals surface area contributed by atoms with Gasteiger partial charge in [-0.25, -0.2) is 9.18 Å². The van der Waals surface area contributed by atoms with Crippen LogP contribution in [0.2, 0.25) is 0 Å². The van der Waals surface area contributed by atoms with Gasteiger partial charge in [0, 0.05) is 5.69 Å². The molecule has 1 unspecified atom stereocenters. The van der Waals surface area contributed by atoms with Crippen LogP contribution in [0.5, 0.6) is 0 Å². The molecule has 0 radical (unpaired) electrons. The summed E-state index contributed by atoms with van der Waals surface area (Å²) in [5.41, 5.74) is 0.968. The maximum atomic E-state index is 14.2. The van der Waals surface area contributed by atoms with Crippen LogP contribution in [0, 0.1) is 12.7 Å². The molecule has 1 spiro atoms. The molecule has 5 rings (SSSR count). The maximum absolute atomic E-state index is 14.2. The molecule has 11 heteroatoms. The number of amides is 4. The van der Waals surface area contributed by atoms with Crippen molar-refractivity contribution in [3.63, 3.8) is 0 Å². The first-order valence-electron chi connectivity index (χ1n) is 9.96. The summed E-state index contributed by atoms with van der Waals surface area (Å²) >= 11 is 0. The Morgan fingerprint density at radius 3 is 2.84 bits per heavy atom. The number of halogens is 1. The number of hydrogen-bond acceptors (Lipinski definition) is 6. The van der Waals surface area contributed by atoms with Crippen molar-refractivity contribution in [3.8, 4) is 5.69 Å². The molecule has 1 aromatic heterocycles. The van der Waals surface area contributed by atoms with Gasteiger partial charge in [-0.3, -0.25) is 14.5 Å². The largest absolute Gasteiger partial charge is 0.325 e. The minimum absolute atomic E-state index is 0.0572. The number of aromatic nitrogens is 4. The number of urea groups is 1. The fourth-order valence-corrected chi connectivity index (χ4v) is 4.28. The molecule has 0 saturated carbocycles. The number of nitrogens with one attached hydrogen (secondary N) is 2. The lowest BCUT2D eigenvalue weighted by Crippen LogP contribution is -2.43. The first-order chi connectivity index (χ1) is 15.4. The van der Waals surface area contributed by atoms with Gasteiger partial charge in [-0.2, -0.15) is 4.68 Å². The highest BCUT2D eigenvalue weighted by Gasteiger charge is 2.55. The fraction of sp³-hybridized carbons (Fsp3) is 0.238. The summed E-state index contributed by atoms with van der Waals surface area (Å²) in [6.07, 6.45) is 1.11. The maximum Gasteiger partial charge on any atom is 0.325 e. The Bertz CT molecular complexity index is 1270. The predicted octanol–water partition coefficient (Wildman–Crippen LogP) is 1.44. The van der Waals surface area contributed by atoms with Gasteiger partial charge < -0.3 is 10.6 Å². The van der Waals surface area contributed by atoms with Crippen molar-refractivity contribution in [1.82, 2.24) is 30.4 Å². The topological polar surface area (TPSA) is 122 Å². The number of aryl methyl sites for hydroxylation is 2. The molecule has 2 N–H and O–H groups in total. The SMILES string of the molecule is Cc1nnnn1-c1cc(NC(=O)CN2C(=O)NC3(CCc4ccccc43)C2=O)ccc1F. The summed E-state index contributed by atoms with van der Waals surface area (Å²) in [5, 5.41) is 16.3. The van der Waals surface area contributed by atoms with Crippen LogP contribution in [0.15, 0.2) is 42.5 Å². The number of anilines is 1. The van der Waals surface area contributed by atoms with Gasteiger partial charge in [-0.05, 0) is 59.5 Å². The summed E-state index contributed by atoms with van der Waals surface area (Å²) < 4.78 is 15.4. The van der Waals surface area contributed by atoms with Crippen molar-refractivity contribution in [3.05, 3.63) is 65.2 Å². The summed E-state index contributed by atoms with van der Waals surface area (Å²) in [6, 6.07) is 10.8. The second-order valence-electron chi connectivity index (χ2n) is 7.74. The average Bonchev–Trinajstić information content (AvgIpc) is 3.43. The van der Waals surface area contributed by atoms with E-state index in [4.69, 9.17) is 0 Å². The minimum Gasteiger partial charge on any atom is -0.324 e. The van der Waals surface area contributed by atoms with Gasteiger partial charge in [0.05, 0.1) is 0 Å². The molecule has 1 saturated heterocycles. The van der Waals surface area contributed by atoms with Crippen LogP contribution in [0.4, 0.5) is 14.9 Å². The molecule has 162 valence electrons. The highest BCUT2D eigenvalue weighted by atomic mass is 19.1. The monoisotopic (exact) mass is 435 g/mol. The van der Waals surface area contributed by atoms with E-state index < -0.39 is 35.7 Å². The zero-order valence-electron chi connectivity index (χ0n) is 17.0. The van der Waals surface area contributed by atoms with Gasteiger partial charge in [-0.1, -0.05) is 24.3 Å². The van der Waals surface area contributed by atoms with Crippen LogP contribution in [0.3, 0.4) is 0 Å². The lowest BCUT2D eigenvalue weighted by molar-refractivity contribution is -0.134. The normalized spacial score (nSPS) is 19.4. The van der Waals surface area contributed by atoms with E-state index in [0.29, 0.717) is 18.7 Å². The van der Waals surface area contributed by atoms with Crippen molar-refractivity contribution >= 4 is 23.5 Å². The summed E-state index contributed by atoms with van der Waals surface area (Å²) in [7, 11) is 0. The van der Waals surface area contributed by atoms with Crippen LogP contribution in [-0.2, 0) is 21.5 Å². The van der Waals surface area contributed by atoms with E-state index in [1.54, 1.807) is 6.92 Å². The molecule has 1 aliphatic heterocycles. The number of benzene rings is 2. The molecule has 10 nitrogen and oxygen atoms in total. The first kappa shape index (κ1) is 19.8. The van der Waals surface area contributed by atoms with Gasteiger partial charge in [0.1, 0.15) is 23.6 Å². The molecule has 4 amide bonds. The van der Waals surface area contributed by atoms with Crippen molar-refractivity contribution in [2.24, 2.45) is 0 Å². The number of fused-ring (bicyclic) bond motifs is 2. The number of carbonyl (C=O) groups excluding carboxylic acids is 3. The van der Waals surface area contributed by atoms with Gasteiger partial charge in [0.25, 0.3) is 5.91 Å². The molecular formula is C21H18FN7O3. The molecule has 1 aliphatic carbocycles. The Labute approximate surface area is 181 Å². The number of imide groups is 1. The van der Waals surface area contributed by atoms with E-state index in [1.807, 2.05) is 24.3 Å². The van der Waals surface area contributed by atoms with Crippen molar-refractivity contribution in [2.45, 2.75) is 25.3 Å². The third-order valence-corrected chi connectivity index (χ3v) is 5.81. The molecule has 3 aromatic rings. The Morgan fingerprint density at radius 1 is 1.25 bits per heavy atom. The third-order valence-electron chi connectivity index (χ3n) is 5.81. The molecule has 2 aromatic carbocycles. The van der Waals surface area contributed by atoms with Gasteiger partial charge in [0.2, 0.25) is 5.91 Å². The second-order valence-corrected chi connectivity index (χ2v) is 7.74. The van der Waals surface area contributed by atoms with E-state index in [1.165, 1.54) is 22.9 Å². The number of carbonyl (C=O) groups is 3. The molecule has 1 fully saturated rings. The number of hydrogen-bond donors (Lipinski definition) is 2. The lowest BCUT2D eigenvalue weighted by Gasteiger charge is -2.22. The van der Waals surface area contributed by atoms with Gasteiger partial charge >= 0.3 is 6.03 Å². The minimum atomic E-state index is -1.13. The zero-order chi connectivity index (χ0) is 22.5. The van der Waals surface area contributed by atoms with E-state index >= 15 is 0 Å². The van der Waals surface area contributed by atoms with Crippen LogP contribution in [0.1, 0.15) is 23.4 Å². The molecular weight excluding hydrogens is 417 g/mol. The quantitative estimate of drug-likeness (QED) is 0.598. The molecule has 2 heterocycles. The Kier molecular flexibility index (Phi) is 4.47. The average molecular weight is 435 g/mol.